The third-order valence-electron chi connectivity index (χ3n) is 2.82. The van der Waals surface area contributed by atoms with Crippen molar-refractivity contribution >= 4 is 17.3 Å². The third-order valence-corrected chi connectivity index (χ3v) is 2.82. The fraction of sp³-hybridized carbons (Fsp3) is 0.200. The van der Waals surface area contributed by atoms with Crippen LogP contribution in [0.25, 0.3) is 0 Å². The van der Waals surface area contributed by atoms with E-state index >= 15 is 0 Å². The molecule has 2 N–H and O–H groups in total. The third kappa shape index (κ3) is 3.12. The lowest BCUT2D eigenvalue weighted by molar-refractivity contribution is 0.0982. The maximum Gasteiger partial charge on any atom is 0.276 e. The van der Waals surface area contributed by atoms with E-state index in [1.807, 2.05) is 13.0 Å². The summed E-state index contributed by atoms with van der Waals surface area (Å²) in [7, 11) is 0. The van der Waals surface area contributed by atoms with Crippen molar-refractivity contribution in [3.63, 3.8) is 0 Å². The lowest BCUT2D eigenvalue weighted by Gasteiger charge is -2.22. The largest absolute Gasteiger partial charge is 0.399 e. The smallest absolute Gasteiger partial charge is 0.276 e. The number of nitrogens with zero attached hydrogens (tertiary/aromatic N) is 2. The van der Waals surface area contributed by atoms with Crippen molar-refractivity contribution in [1.82, 2.24) is 4.98 Å². The molecule has 1 aromatic carbocycles. The zero-order valence-electron chi connectivity index (χ0n) is 11.2. The van der Waals surface area contributed by atoms with Crippen molar-refractivity contribution in [3.8, 4) is 0 Å². The van der Waals surface area contributed by atoms with Crippen LogP contribution in [0.3, 0.4) is 0 Å². The van der Waals surface area contributed by atoms with E-state index in [4.69, 9.17) is 5.73 Å². The molecular formula is C15H16FN3O. The van der Waals surface area contributed by atoms with E-state index in [0.717, 1.165) is 12.6 Å². The molecule has 2 rings (SSSR count). The molecule has 0 unspecified atom stereocenters. The summed E-state index contributed by atoms with van der Waals surface area (Å²) < 4.78 is 12.9. The molecule has 104 valence electrons. The molecule has 0 saturated heterocycles. The van der Waals surface area contributed by atoms with Crippen molar-refractivity contribution < 1.29 is 9.18 Å². The number of nitrogen functional groups attached to an aromatic ring is 1. The van der Waals surface area contributed by atoms with Crippen LogP contribution in [0.4, 0.5) is 15.8 Å². The van der Waals surface area contributed by atoms with Crippen LogP contribution in [0.2, 0.25) is 0 Å². The molecule has 0 saturated carbocycles. The summed E-state index contributed by atoms with van der Waals surface area (Å²) in [4.78, 5) is 17.9. The van der Waals surface area contributed by atoms with Gasteiger partial charge in [0.1, 0.15) is 11.5 Å². The van der Waals surface area contributed by atoms with Gasteiger partial charge in [-0.3, -0.25) is 4.79 Å². The van der Waals surface area contributed by atoms with Gasteiger partial charge in [0.05, 0.1) is 6.20 Å². The second kappa shape index (κ2) is 6.14. The maximum atomic E-state index is 12.9. The molecule has 1 heterocycles. The number of carbonyl (C=O) groups excluding carboxylic acids is 1. The number of halogens is 1. The minimum Gasteiger partial charge on any atom is -0.399 e. The van der Waals surface area contributed by atoms with E-state index < -0.39 is 5.82 Å². The average molecular weight is 273 g/mol. The van der Waals surface area contributed by atoms with Crippen LogP contribution in [0, 0.1) is 5.82 Å². The summed E-state index contributed by atoms with van der Waals surface area (Å²) in [5.74, 6) is -0.731. The van der Waals surface area contributed by atoms with Gasteiger partial charge in [-0.15, -0.1) is 0 Å². The van der Waals surface area contributed by atoms with Crippen molar-refractivity contribution in [3.05, 3.63) is 54.1 Å². The fourth-order valence-electron chi connectivity index (χ4n) is 1.90. The molecule has 0 radical (unpaired) electrons. The second-order valence-corrected chi connectivity index (χ2v) is 4.41. The first-order valence-electron chi connectivity index (χ1n) is 6.40. The summed E-state index contributed by atoms with van der Waals surface area (Å²) >= 11 is 0. The van der Waals surface area contributed by atoms with Crippen molar-refractivity contribution in [2.24, 2.45) is 0 Å². The van der Waals surface area contributed by atoms with Gasteiger partial charge in [-0.05, 0) is 36.8 Å². The predicted molar refractivity (Wildman–Crippen MR) is 77.0 cm³/mol. The Bertz CT molecular complexity index is 598. The summed E-state index contributed by atoms with van der Waals surface area (Å²) in [5, 5.41) is 0. The van der Waals surface area contributed by atoms with Gasteiger partial charge in [0.15, 0.2) is 0 Å². The first-order chi connectivity index (χ1) is 9.61. The van der Waals surface area contributed by atoms with Crippen LogP contribution in [-0.4, -0.2) is 17.4 Å². The molecule has 0 bridgehead atoms. The van der Waals surface area contributed by atoms with Gasteiger partial charge < -0.3 is 10.6 Å². The van der Waals surface area contributed by atoms with E-state index in [-0.39, 0.29) is 11.6 Å². The number of rotatable bonds is 4. The highest BCUT2D eigenvalue weighted by Gasteiger charge is 2.18. The van der Waals surface area contributed by atoms with E-state index in [0.29, 0.717) is 17.9 Å². The number of benzene rings is 1. The number of hydrogen-bond acceptors (Lipinski definition) is 3. The van der Waals surface area contributed by atoms with Crippen LogP contribution < -0.4 is 10.6 Å². The molecule has 2 aromatic rings. The number of carbonyl (C=O) groups is 1. The molecule has 0 spiro atoms. The molecule has 0 aliphatic rings. The van der Waals surface area contributed by atoms with E-state index in [1.165, 1.54) is 12.1 Å². The average Bonchev–Trinajstić information content (AvgIpc) is 2.45. The molecule has 1 aromatic heterocycles. The lowest BCUT2D eigenvalue weighted by Crippen LogP contribution is -2.32. The highest BCUT2D eigenvalue weighted by molar-refractivity contribution is 6.04. The van der Waals surface area contributed by atoms with Crippen LogP contribution in [0.15, 0.2) is 42.6 Å². The normalized spacial score (nSPS) is 10.3. The number of anilines is 2. The number of hydrogen-bond donors (Lipinski definition) is 1. The number of pyridine rings is 1. The highest BCUT2D eigenvalue weighted by atomic mass is 19.1. The molecule has 20 heavy (non-hydrogen) atoms. The summed E-state index contributed by atoms with van der Waals surface area (Å²) in [6.45, 7) is 2.52. The zero-order chi connectivity index (χ0) is 14.5. The molecular weight excluding hydrogens is 257 g/mol. The van der Waals surface area contributed by atoms with Gasteiger partial charge in [0.25, 0.3) is 5.91 Å². The number of nitrogens with two attached hydrogens (primary N) is 1. The van der Waals surface area contributed by atoms with Crippen LogP contribution in [-0.2, 0) is 0 Å². The molecule has 0 atom stereocenters. The van der Waals surface area contributed by atoms with Crippen molar-refractivity contribution in [2.45, 2.75) is 13.3 Å². The van der Waals surface area contributed by atoms with E-state index in [1.54, 1.807) is 23.1 Å². The van der Waals surface area contributed by atoms with Gasteiger partial charge in [-0.25, -0.2) is 9.37 Å². The zero-order valence-corrected chi connectivity index (χ0v) is 11.2. The minimum absolute atomic E-state index is 0.210. The van der Waals surface area contributed by atoms with Crippen molar-refractivity contribution in [1.29, 1.82) is 0 Å². The minimum atomic E-state index is -0.465. The number of amides is 1. The lowest BCUT2D eigenvalue weighted by atomic mass is 10.2. The summed E-state index contributed by atoms with van der Waals surface area (Å²) in [6, 6.07) is 9.70. The van der Waals surface area contributed by atoms with E-state index in [9.17, 15) is 9.18 Å². The summed E-state index contributed by atoms with van der Waals surface area (Å²) in [6.07, 6.45) is 1.83. The highest BCUT2D eigenvalue weighted by Crippen LogP contribution is 2.20. The van der Waals surface area contributed by atoms with Crippen LogP contribution >= 0.6 is 0 Å². The Hall–Kier alpha value is -2.43. The standard InChI is InChI=1S/C15H16FN3O/c1-2-8-19(13-5-3-4-12(17)9-13)15(20)14-7-6-11(16)10-18-14/h3-7,9-10H,2,8,17H2,1H3. The Labute approximate surface area is 117 Å². The van der Waals surface area contributed by atoms with Crippen LogP contribution in [0.1, 0.15) is 23.8 Å². The maximum absolute atomic E-state index is 12.9. The Kier molecular flexibility index (Phi) is 4.30. The molecule has 5 heteroatoms. The van der Waals surface area contributed by atoms with Gasteiger partial charge in [-0.1, -0.05) is 13.0 Å². The fourth-order valence-corrected chi connectivity index (χ4v) is 1.90. The monoisotopic (exact) mass is 273 g/mol. The van der Waals surface area contributed by atoms with Gasteiger partial charge >= 0.3 is 0 Å². The van der Waals surface area contributed by atoms with Gasteiger partial charge in [0.2, 0.25) is 0 Å². The van der Waals surface area contributed by atoms with Crippen LogP contribution in [0.5, 0.6) is 0 Å². The molecule has 4 nitrogen and oxygen atoms in total. The summed E-state index contributed by atoms with van der Waals surface area (Å²) in [5.41, 5.74) is 7.26. The molecule has 0 fully saturated rings. The van der Waals surface area contributed by atoms with Gasteiger partial charge in [-0.2, -0.15) is 0 Å². The van der Waals surface area contributed by atoms with Gasteiger partial charge in [0, 0.05) is 17.9 Å². The SMILES string of the molecule is CCCN(C(=O)c1ccc(F)cn1)c1cccc(N)c1. The Balaban J connectivity index is 2.33. The van der Waals surface area contributed by atoms with E-state index in [2.05, 4.69) is 4.98 Å². The van der Waals surface area contributed by atoms with Crippen molar-refractivity contribution in [2.75, 3.05) is 17.2 Å². The first-order valence-corrected chi connectivity index (χ1v) is 6.40. The predicted octanol–water partition coefficient (Wildman–Crippen LogP) is 2.86. The number of aromatic nitrogens is 1. The molecule has 0 aliphatic heterocycles. The second-order valence-electron chi connectivity index (χ2n) is 4.41. The Morgan fingerprint density at radius 3 is 2.75 bits per heavy atom. The Morgan fingerprint density at radius 2 is 2.15 bits per heavy atom. The molecule has 0 aliphatic carbocycles. The Morgan fingerprint density at radius 1 is 1.35 bits per heavy atom. The first kappa shape index (κ1) is 14.0. The topological polar surface area (TPSA) is 59.2 Å². The molecule has 1 amide bonds. The quantitative estimate of drug-likeness (QED) is 0.871.